The molecule has 0 amide bonds. The van der Waals surface area contributed by atoms with Crippen LogP contribution in [0.25, 0.3) is 0 Å². The fraction of sp³-hybridized carbons (Fsp3) is 0.333. The minimum absolute atomic E-state index is 0.304. The van der Waals surface area contributed by atoms with Gasteiger partial charge >= 0.3 is 0 Å². The molecule has 0 aliphatic rings. The molecule has 1 aromatic carbocycles. The Morgan fingerprint density at radius 2 is 1.89 bits per heavy atom. The molecule has 6 nitrogen and oxygen atoms in total. The highest BCUT2D eigenvalue weighted by Gasteiger charge is 2.16. The van der Waals surface area contributed by atoms with Crippen LogP contribution in [-0.2, 0) is 23.0 Å². The number of hydrogen-bond donors (Lipinski definition) is 1. The van der Waals surface area contributed by atoms with Gasteiger partial charge in [-0.3, -0.25) is 0 Å². The maximum absolute atomic E-state index is 12.2. The van der Waals surface area contributed by atoms with E-state index in [0.717, 1.165) is 5.56 Å². The molecule has 0 fully saturated rings. The van der Waals surface area contributed by atoms with Gasteiger partial charge in [-0.15, -0.1) is 10.2 Å². The summed E-state index contributed by atoms with van der Waals surface area (Å²) >= 11 is 0. The molecule has 0 bridgehead atoms. The summed E-state index contributed by atoms with van der Waals surface area (Å²) in [5.41, 5.74) is 0.819. The summed E-state index contributed by atoms with van der Waals surface area (Å²) in [5.74, 6) is 0. The van der Waals surface area contributed by atoms with Crippen molar-refractivity contribution in [2.24, 2.45) is 0 Å². The SMILES string of the molecule is CCc1ccccc1S(=O)(=O)NCCn1cnnc1. The van der Waals surface area contributed by atoms with Crippen molar-refractivity contribution in [1.82, 2.24) is 19.5 Å². The van der Waals surface area contributed by atoms with E-state index >= 15 is 0 Å². The summed E-state index contributed by atoms with van der Waals surface area (Å²) in [6.45, 7) is 2.74. The van der Waals surface area contributed by atoms with Crippen molar-refractivity contribution in [2.45, 2.75) is 24.8 Å². The van der Waals surface area contributed by atoms with Crippen molar-refractivity contribution in [2.75, 3.05) is 6.54 Å². The van der Waals surface area contributed by atoms with Crippen molar-refractivity contribution in [3.05, 3.63) is 42.5 Å². The van der Waals surface area contributed by atoms with Gasteiger partial charge in [-0.2, -0.15) is 0 Å². The van der Waals surface area contributed by atoms with E-state index in [1.54, 1.807) is 29.4 Å². The van der Waals surface area contributed by atoms with Crippen molar-refractivity contribution >= 4 is 10.0 Å². The molecule has 0 saturated heterocycles. The predicted molar refractivity (Wildman–Crippen MR) is 71.0 cm³/mol. The Bertz CT molecular complexity index is 623. The van der Waals surface area contributed by atoms with Gasteiger partial charge in [0.05, 0.1) is 4.90 Å². The van der Waals surface area contributed by atoms with Crippen LogP contribution in [-0.4, -0.2) is 29.7 Å². The van der Waals surface area contributed by atoms with E-state index in [9.17, 15) is 8.42 Å². The van der Waals surface area contributed by atoms with Crippen LogP contribution in [0.2, 0.25) is 0 Å². The maximum atomic E-state index is 12.2. The van der Waals surface area contributed by atoms with Crippen LogP contribution in [0.3, 0.4) is 0 Å². The standard InChI is InChI=1S/C12H16N4O2S/c1-2-11-5-3-4-6-12(11)19(17,18)15-7-8-16-9-13-14-10-16/h3-6,9-10,15H,2,7-8H2,1H3. The highest BCUT2D eigenvalue weighted by Crippen LogP contribution is 2.15. The van der Waals surface area contributed by atoms with Gasteiger partial charge < -0.3 is 4.57 Å². The number of aryl methyl sites for hydroxylation is 1. The van der Waals surface area contributed by atoms with Gasteiger partial charge in [-0.05, 0) is 18.1 Å². The molecule has 0 spiro atoms. The normalized spacial score (nSPS) is 11.6. The monoisotopic (exact) mass is 280 g/mol. The van der Waals surface area contributed by atoms with E-state index in [-0.39, 0.29) is 0 Å². The summed E-state index contributed by atoms with van der Waals surface area (Å²) in [6, 6.07) is 7.02. The Kier molecular flexibility index (Phi) is 4.28. The Labute approximate surface area is 112 Å². The van der Waals surface area contributed by atoms with Crippen molar-refractivity contribution in [1.29, 1.82) is 0 Å². The first-order valence-corrected chi connectivity index (χ1v) is 7.52. The lowest BCUT2D eigenvalue weighted by atomic mass is 10.2. The quantitative estimate of drug-likeness (QED) is 0.850. The zero-order valence-electron chi connectivity index (χ0n) is 10.7. The zero-order valence-corrected chi connectivity index (χ0v) is 11.5. The van der Waals surface area contributed by atoms with Gasteiger partial charge in [0, 0.05) is 13.1 Å². The summed E-state index contributed by atoms with van der Waals surface area (Å²) in [7, 11) is -3.46. The molecular weight excluding hydrogens is 264 g/mol. The second kappa shape index (κ2) is 5.94. The largest absolute Gasteiger partial charge is 0.319 e. The van der Waals surface area contributed by atoms with Crippen LogP contribution in [0, 0.1) is 0 Å². The fourth-order valence-electron chi connectivity index (χ4n) is 1.78. The number of sulfonamides is 1. The van der Waals surface area contributed by atoms with E-state index in [0.29, 0.717) is 24.4 Å². The first kappa shape index (κ1) is 13.7. The Morgan fingerprint density at radius 3 is 2.58 bits per heavy atom. The van der Waals surface area contributed by atoms with Crippen molar-refractivity contribution in [3.8, 4) is 0 Å². The lowest BCUT2D eigenvalue weighted by Gasteiger charge is -2.10. The second-order valence-electron chi connectivity index (χ2n) is 4.06. The third-order valence-corrected chi connectivity index (χ3v) is 4.33. The molecule has 0 radical (unpaired) electrons. The van der Waals surface area contributed by atoms with Crippen LogP contribution < -0.4 is 4.72 Å². The first-order valence-electron chi connectivity index (χ1n) is 6.03. The third kappa shape index (κ3) is 3.39. The molecule has 19 heavy (non-hydrogen) atoms. The third-order valence-electron chi connectivity index (χ3n) is 2.77. The molecule has 0 atom stereocenters. The number of hydrogen-bond acceptors (Lipinski definition) is 4. The maximum Gasteiger partial charge on any atom is 0.240 e. The fourth-order valence-corrected chi connectivity index (χ4v) is 3.11. The van der Waals surface area contributed by atoms with Crippen LogP contribution in [0.1, 0.15) is 12.5 Å². The molecule has 102 valence electrons. The summed E-state index contributed by atoms with van der Waals surface area (Å²) in [5, 5.41) is 7.32. The predicted octanol–water partition coefficient (Wildman–Crippen LogP) is 0.819. The molecule has 0 aliphatic heterocycles. The molecule has 0 unspecified atom stereocenters. The topological polar surface area (TPSA) is 76.9 Å². The Hall–Kier alpha value is -1.73. The highest BCUT2D eigenvalue weighted by atomic mass is 32.2. The van der Waals surface area contributed by atoms with Crippen molar-refractivity contribution < 1.29 is 8.42 Å². The molecule has 0 aliphatic carbocycles. The van der Waals surface area contributed by atoms with Gasteiger partial charge in [0.1, 0.15) is 12.7 Å². The molecule has 0 saturated carbocycles. The van der Waals surface area contributed by atoms with Crippen LogP contribution >= 0.6 is 0 Å². The summed E-state index contributed by atoms with van der Waals surface area (Å²) in [4.78, 5) is 0.348. The number of benzene rings is 1. The Morgan fingerprint density at radius 1 is 1.21 bits per heavy atom. The van der Waals surface area contributed by atoms with Gasteiger partial charge in [-0.1, -0.05) is 25.1 Å². The van der Waals surface area contributed by atoms with Crippen LogP contribution in [0.5, 0.6) is 0 Å². The van der Waals surface area contributed by atoms with E-state index in [1.807, 2.05) is 19.1 Å². The van der Waals surface area contributed by atoms with Gasteiger partial charge in [0.2, 0.25) is 10.0 Å². The van der Waals surface area contributed by atoms with Gasteiger partial charge in [-0.25, -0.2) is 13.1 Å². The minimum Gasteiger partial charge on any atom is -0.319 e. The number of nitrogens with zero attached hydrogens (tertiary/aromatic N) is 3. The minimum atomic E-state index is -3.46. The molecule has 1 N–H and O–H groups in total. The van der Waals surface area contributed by atoms with Gasteiger partial charge in [0.15, 0.2) is 0 Å². The van der Waals surface area contributed by atoms with Crippen LogP contribution in [0.4, 0.5) is 0 Å². The lowest BCUT2D eigenvalue weighted by molar-refractivity contribution is 0.571. The highest BCUT2D eigenvalue weighted by molar-refractivity contribution is 7.89. The van der Waals surface area contributed by atoms with E-state index < -0.39 is 10.0 Å². The molecule has 1 aromatic heterocycles. The average molecular weight is 280 g/mol. The molecule has 7 heteroatoms. The number of nitrogens with one attached hydrogen (secondary N) is 1. The molecular formula is C12H16N4O2S. The number of aromatic nitrogens is 3. The van der Waals surface area contributed by atoms with Gasteiger partial charge in [0.25, 0.3) is 0 Å². The lowest BCUT2D eigenvalue weighted by Crippen LogP contribution is -2.28. The first-order chi connectivity index (χ1) is 9.13. The summed E-state index contributed by atoms with van der Waals surface area (Å²) in [6.07, 6.45) is 3.78. The van der Waals surface area contributed by atoms with E-state index in [2.05, 4.69) is 14.9 Å². The van der Waals surface area contributed by atoms with E-state index in [4.69, 9.17) is 0 Å². The van der Waals surface area contributed by atoms with E-state index in [1.165, 1.54) is 0 Å². The zero-order chi connectivity index (χ0) is 13.7. The summed E-state index contributed by atoms with van der Waals surface area (Å²) < 4.78 is 28.7. The molecule has 2 aromatic rings. The molecule has 2 rings (SSSR count). The Balaban J connectivity index is 2.05. The smallest absolute Gasteiger partial charge is 0.240 e. The van der Waals surface area contributed by atoms with Crippen LogP contribution in [0.15, 0.2) is 41.8 Å². The van der Waals surface area contributed by atoms with Crippen molar-refractivity contribution in [3.63, 3.8) is 0 Å². The average Bonchev–Trinajstić information content (AvgIpc) is 2.91. The molecule has 1 heterocycles. The number of rotatable bonds is 6. The second-order valence-corrected chi connectivity index (χ2v) is 5.79.